The van der Waals surface area contributed by atoms with Crippen molar-refractivity contribution < 1.29 is 9.47 Å². The second-order valence-electron chi connectivity index (χ2n) is 8.57. The molecule has 0 bridgehead atoms. The van der Waals surface area contributed by atoms with Crippen LogP contribution in [0.5, 0.6) is 11.5 Å². The van der Waals surface area contributed by atoms with Crippen molar-refractivity contribution in [2.24, 2.45) is 0 Å². The minimum atomic E-state index is 0.717. The molecule has 0 amide bonds. The van der Waals surface area contributed by atoms with Gasteiger partial charge in [0.15, 0.2) is 0 Å². The summed E-state index contributed by atoms with van der Waals surface area (Å²) < 4.78 is 13.4. The predicted molar refractivity (Wildman–Crippen MR) is 138 cm³/mol. The van der Waals surface area contributed by atoms with Crippen LogP contribution in [0, 0.1) is 0 Å². The maximum Gasteiger partial charge on any atom is 0.145 e. The third kappa shape index (κ3) is 5.04. The Balaban J connectivity index is 1.63. The van der Waals surface area contributed by atoms with E-state index in [1.54, 1.807) is 0 Å². The lowest BCUT2D eigenvalue weighted by Gasteiger charge is -2.17. The van der Waals surface area contributed by atoms with E-state index < -0.39 is 0 Å². The van der Waals surface area contributed by atoms with E-state index in [9.17, 15) is 0 Å². The molecule has 0 atom stereocenters. The third-order valence-electron chi connectivity index (χ3n) is 6.17. The number of hydrogen-bond donors (Lipinski definition) is 0. The highest BCUT2D eigenvalue weighted by Crippen LogP contribution is 2.45. The lowest BCUT2D eigenvalue weighted by atomic mass is 9.98. The summed E-state index contributed by atoms with van der Waals surface area (Å²) in [7, 11) is 0. The molecule has 32 heavy (non-hydrogen) atoms. The van der Waals surface area contributed by atoms with Crippen molar-refractivity contribution in [2.75, 3.05) is 13.2 Å². The first-order chi connectivity index (χ1) is 15.7. The second-order valence-corrected chi connectivity index (χ2v) is 9.36. The summed E-state index contributed by atoms with van der Waals surface area (Å²) in [5, 5.41) is 0. The van der Waals surface area contributed by atoms with E-state index in [2.05, 4.69) is 84.4 Å². The van der Waals surface area contributed by atoms with Gasteiger partial charge >= 0.3 is 0 Å². The number of unbranched alkanes of at least 4 members (excludes halogenated alkanes) is 4. The van der Waals surface area contributed by atoms with Crippen molar-refractivity contribution in [1.82, 2.24) is 0 Å². The SMILES string of the molecule is CCCCCOc1ccc(-c2ccc3c(c2)Cc2ccccc2-3)c(OCCCCC)c1Br. The fraction of sp³-hybridized carbons (Fsp3) is 0.379. The third-order valence-corrected chi connectivity index (χ3v) is 6.92. The molecule has 0 saturated heterocycles. The van der Waals surface area contributed by atoms with E-state index in [1.165, 1.54) is 53.5 Å². The van der Waals surface area contributed by atoms with Crippen LogP contribution in [0.25, 0.3) is 22.3 Å². The van der Waals surface area contributed by atoms with Crippen molar-refractivity contribution in [1.29, 1.82) is 0 Å². The molecular weight excluding hydrogens is 460 g/mol. The van der Waals surface area contributed by atoms with Gasteiger partial charge in [0.05, 0.1) is 13.2 Å². The highest BCUT2D eigenvalue weighted by atomic mass is 79.9. The maximum atomic E-state index is 6.35. The largest absolute Gasteiger partial charge is 0.492 e. The molecule has 0 fully saturated rings. The Morgan fingerprint density at radius 2 is 1.41 bits per heavy atom. The summed E-state index contributed by atoms with van der Waals surface area (Å²) in [5.74, 6) is 1.76. The highest BCUT2D eigenvalue weighted by Gasteiger charge is 2.21. The fourth-order valence-corrected chi connectivity index (χ4v) is 4.97. The lowest BCUT2D eigenvalue weighted by Crippen LogP contribution is -2.03. The quantitative estimate of drug-likeness (QED) is 0.194. The fourth-order valence-electron chi connectivity index (χ4n) is 4.39. The van der Waals surface area contributed by atoms with Crippen LogP contribution in [-0.2, 0) is 6.42 Å². The molecule has 0 unspecified atom stereocenters. The molecule has 168 valence electrons. The summed E-state index contributed by atoms with van der Waals surface area (Å²) >= 11 is 3.80. The number of benzene rings is 3. The first-order valence-electron chi connectivity index (χ1n) is 12.0. The summed E-state index contributed by atoms with van der Waals surface area (Å²) in [6.45, 7) is 5.88. The van der Waals surface area contributed by atoms with Gasteiger partial charge in [0.2, 0.25) is 0 Å². The van der Waals surface area contributed by atoms with Crippen molar-refractivity contribution >= 4 is 15.9 Å². The maximum absolute atomic E-state index is 6.35. The van der Waals surface area contributed by atoms with Gasteiger partial charge in [-0.3, -0.25) is 0 Å². The monoisotopic (exact) mass is 492 g/mol. The molecule has 0 radical (unpaired) electrons. The summed E-state index contributed by atoms with van der Waals surface area (Å²) in [4.78, 5) is 0. The highest BCUT2D eigenvalue weighted by molar-refractivity contribution is 9.10. The number of fused-ring (bicyclic) bond motifs is 3. The average Bonchev–Trinajstić information content (AvgIpc) is 3.19. The normalized spacial score (nSPS) is 11.8. The molecular formula is C29H33BrO2. The molecule has 0 aromatic heterocycles. The van der Waals surface area contributed by atoms with Crippen LogP contribution in [0.2, 0.25) is 0 Å². The first kappa shape index (κ1) is 22.9. The van der Waals surface area contributed by atoms with Crippen LogP contribution >= 0.6 is 15.9 Å². The molecule has 0 N–H and O–H groups in total. The Kier molecular flexibility index (Phi) is 7.91. The smallest absolute Gasteiger partial charge is 0.145 e. The Morgan fingerprint density at radius 1 is 0.719 bits per heavy atom. The van der Waals surface area contributed by atoms with E-state index in [0.717, 1.165) is 54.0 Å². The van der Waals surface area contributed by atoms with Crippen LogP contribution in [0.15, 0.2) is 59.1 Å². The molecule has 0 aliphatic heterocycles. The van der Waals surface area contributed by atoms with E-state index in [1.807, 2.05) is 0 Å². The summed E-state index contributed by atoms with van der Waals surface area (Å²) in [6, 6.07) is 19.8. The zero-order chi connectivity index (χ0) is 22.3. The van der Waals surface area contributed by atoms with Gasteiger partial charge in [-0.05, 0) is 75.1 Å². The van der Waals surface area contributed by atoms with Gasteiger partial charge in [-0.25, -0.2) is 0 Å². The van der Waals surface area contributed by atoms with Gasteiger partial charge in [0.25, 0.3) is 0 Å². The molecule has 1 aliphatic rings. The van der Waals surface area contributed by atoms with E-state index in [-0.39, 0.29) is 0 Å². The Hall–Kier alpha value is -2.26. The zero-order valence-electron chi connectivity index (χ0n) is 19.3. The molecule has 2 nitrogen and oxygen atoms in total. The molecule has 3 aromatic carbocycles. The predicted octanol–water partition coefficient (Wildman–Crippen LogP) is 8.83. The molecule has 4 rings (SSSR count). The van der Waals surface area contributed by atoms with E-state index >= 15 is 0 Å². The summed E-state index contributed by atoms with van der Waals surface area (Å²) in [6.07, 6.45) is 7.86. The lowest BCUT2D eigenvalue weighted by molar-refractivity contribution is 0.289. The van der Waals surface area contributed by atoms with E-state index in [4.69, 9.17) is 9.47 Å². The van der Waals surface area contributed by atoms with Crippen molar-refractivity contribution in [3.8, 4) is 33.8 Å². The standard InChI is InChI=1S/C29H33BrO2/c1-3-5-9-17-31-27-16-15-26(29(28(27)30)32-18-10-6-4-2)22-13-14-25-23(20-22)19-21-11-7-8-12-24(21)25/h7-8,11-16,20H,3-6,9-10,17-19H2,1-2H3. The van der Waals surface area contributed by atoms with Crippen LogP contribution in [0.1, 0.15) is 63.5 Å². The van der Waals surface area contributed by atoms with Gasteiger partial charge in [-0.15, -0.1) is 0 Å². The molecule has 0 heterocycles. The Morgan fingerprint density at radius 3 is 2.19 bits per heavy atom. The minimum absolute atomic E-state index is 0.717. The van der Waals surface area contributed by atoms with Crippen molar-refractivity contribution in [3.63, 3.8) is 0 Å². The van der Waals surface area contributed by atoms with Gasteiger partial charge in [-0.2, -0.15) is 0 Å². The minimum Gasteiger partial charge on any atom is -0.492 e. The number of hydrogen-bond acceptors (Lipinski definition) is 2. The Bertz CT molecular complexity index is 1060. The molecule has 0 saturated carbocycles. The first-order valence-corrected chi connectivity index (χ1v) is 12.8. The number of ether oxygens (including phenoxy) is 2. The summed E-state index contributed by atoms with van der Waals surface area (Å²) in [5.41, 5.74) is 7.82. The van der Waals surface area contributed by atoms with Gasteiger partial charge in [-0.1, -0.05) is 82.0 Å². The van der Waals surface area contributed by atoms with Gasteiger partial charge in [0.1, 0.15) is 16.0 Å². The van der Waals surface area contributed by atoms with Crippen LogP contribution < -0.4 is 9.47 Å². The number of rotatable bonds is 11. The van der Waals surface area contributed by atoms with Crippen LogP contribution in [-0.4, -0.2) is 13.2 Å². The number of halogens is 1. The van der Waals surface area contributed by atoms with Gasteiger partial charge < -0.3 is 9.47 Å². The van der Waals surface area contributed by atoms with Crippen LogP contribution in [0.4, 0.5) is 0 Å². The Labute approximate surface area is 201 Å². The molecule has 3 heteroatoms. The van der Waals surface area contributed by atoms with Crippen molar-refractivity contribution in [3.05, 3.63) is 70.2 Å². The average molecular weight is 493 g/mol. The van der Waals surface area contributed by atoms with Crippen molar-refractivity contribution in [2.45, 2.75) is 58.8 Å². The zero-order valence-corrected chi connectivity index (χ0v) is 20.8. The molecule has 3 aromatic rings. The molecule has 1 aliphatic carbocycles. The van der Waals surface area contributed by atoms with Gasteiger partial charge in [0, 0.05) is 5.56 Å². The second kappa shape index (κ2) is 11.0. The topological polar surface area (TPSA) is 18.5 Å². The van der Waals surface area contributed by atoms with E-state index in [0.29, 0.717) is 0 Å². The van der Waals surface area contributed by atoms with Crippen LogP contribution in [0.3, 0.4) is 0 Å². The molecule has 0 spiro atoms.